The highest BCUT2D eigenvalue weighted by Crippen LogP contribution is 2.17. The number of rotatable bonds is 4. The summed E-state index contributed by atoms with van der Waals surface area (Å²) in [6.07, 6.45) is 2.41. The number of amides is 1. The van der Waals surface area contributed by atoms with Crippen LogP contribution in [0.4, 0.5) is 0 Å². The van der Waals surface area contributed by atoms with Gasteiger partial charge in [-0.05, 0) is 63.2 Å². The third-order valence-electron chi connectivity index (χ3n) is 3.98. The molecular formula is C15H23N3O. The van der Waals surface area contributed by atoms with Crippen LogP contribution in [0, 0.1) is 6.92 Å². The Morgan fingerprint density at radius 3 is 2.68 bits per heavy atom. The summed E-state index contributed by atoms with van der Waals surface area (Å²) in [6.45, 7) is 5.18. The van der Waals surface area contributed by atoms with Gasteiger partial charge in [-0.25, -0.2) is 0 Å². The molecule has 0 unspecified atom stereocenters. The normalized spacial score (nSPS) is 16.8. The second kappa shape index (κ2) is 6.17. The summed E-state index contributed by atoms with van der Waals surface area (Å²) in [5.41, 5.74) is 8.29. The third-order valence-corrected chi connectivity index (χ3v) is 3.98. The molecule has 1 fully saturated rings. The molecule has 1 aromatic carbocycles. The monoisotopic (exact) mass is 261 g/mol. The molecule has 1 heterocycles. The van der Waals surface area contributed by atoms with Crippen molar-refractivity contribution < 1.29 is 4.79 Å². The molecule has 1 saturated heterocycles. The first-order valence-corrected chi connectivity index (χ1v) is 6.88. The molecule has 0 aromatic heterocycles. The topological polar surface area (TPSA) is 58.4 Å². The first-order chi connectivity index (χ1) is 9.08. The largest absolute Gasteiger partial charge is 0.366 e. The standard InChI is InChI=1S/C15H23N3O/c1-11-9-12(15(16)19)3-4-13(11)10-18(2)14-5-7-17-8-6-14/h3-4,9,14,17H,5-8,10H2,1-2H3,(H2,16,19). The summed E-state index contributed by atoms with van der Waals surface area (Å²) in [7, 11) is 2.18. The van der Waals surface area contributed by atoms with E-state index in [-0.39, 0.29) is 5.91 Å². The number of aryl methyl sites for hydroxylation is 1. The molecule has 0 atom stereocenters. The van der Waals surface area contributed by atoms with Crippen LogP contribution < -0.4 is 11.1 Å². The molecule has 1 aliphatic heterocycles. The minimum Gasteiger partial charge on any atom is -0.366 e. The molecule has 104 valence electrons. The summed E-state index contributed by atoms with van der Waals surface area (Å²) < 4.78 is 0. The molecular weight excluding hydrogens is 238 g/mol. The zero-order valence-corrected chi connectivity index (χ0v) is 11.8. The van der Waals surface area contributed by atoms with Gasteiger partial charge in [0.15, 0.2) is 0 Å². The zero-order chi connectivity index (χ0) is 13.8. The predicted molar refractivity (Wildman–Crippen MR) is 77.1 cm³/mol. The van der Waals surface area contributed by atoms with Crippen molar-refractivity contribution in [1.82, 2.24) is 10.2 Å². The van der Waals surface area contributed by atoms with Gasteiger partial charge >= 0.3 is 0 Å². The lowest BCUT2D eigenvalue weighted by atomic mass is 10.0. The highest BCUT2D eigenvalue weighted by Gasteiger charge is 2.18. The second-order valence-corrected chi connectivity index (χ2v) is 5.40. The van der Waals surface area contributed by atoms with E-state index in [1.165, 1.54) is 18.4 Å². The van der Waals surface area contributed by atoms with Gasteiger partial charge in [-0.3, -0.25) is 9.69 Å². The molecule has 4 heteroatoms. The van der Waals surface area contributed by atoms with Crippen molar-refractivity contribution in [2.45, 2.75) is 32.4 Å². The SMILES string of the molecule is Cc1cc(C(N)=O)ccc1CN(C)C1CCNCC1. The summed E-state index contributed by atoms with van der Waals surface area (Å²) in [6, 6.07) is 6.37. The quantitative estimate of drug-likeness (QED) is 0.858. The van der Waals surface area contributed by atoms with Crippen LogP contribution in [0.3, 0.4) is 0 Å². The molecule has 0 saturated carbocycles. The minimum absolute atomic E-state index is 0.360. The van der Waals surface area contributed by atoms with Crippen molar-refractivity contribution >= 4 is 5.91 Å². The summed E-state index contributed by atoms with van der Waals surface area (Å²) in [4.78, 5) is 13.5. The zero-order valence-electron chi connectivity index (χ0n) is 11.8. The molecule has 4 nitrogen and oxygen atoms in total. The van der Waals surface area contributed by atoms with Crippen molar-refractivity contribution in [3.8, 4) is 0 Å². The fraction of sp³-hybridized carbons (Fsp3) is 0.533. The Bertz CT molecular complexity index is 453. The molecule has 0 aliphatic carbocycles. The third kappa shape index (κ3) is 3.55. The minimum atomic E-state index is -0.360. The highest BCUT2D eigenvalue weighted by molar-refractivity contribution is 5.93. The number of nitrogens with zero attached hydrogens (tertiary/aromatic N) is 1. The number of benzene rings is 1. The lowest BCUT2D eigenvalue weighted by molar-refractivity contribution is 0.1000. The number of carbonyl (C=O) groups excluding carboxylic acids is 1. The van der Waals surface area contributed by atoms with Gasteiger partial charge in [0.05, 0.1) is 0 Å². The van der Waals surface area contributed by atoms with E-state index >= 15 is 0 Å². The van der Waals surface area contributed by atoms with Gasteiger partial charge in [0, 0.05) is 18.2 Å². The number of carbonyl (C=O) groups is 1. The molecule has 19 heavy (non-hydrogen) atoms. The van der Waals surface area contributed by atoms with Crippen LogP contribution in [-0.2, 0) is 6.54 Å². The van der Waals surface area contributed by atoms with E-state index in [2.05, 4.69) is 17.3 Å². The molecule has 1 amide bonds. The Balaban J connectivity index is 2.03. The van der Waals surface area contributed by atoms with Gasteiger partial charge in [-0.1, -0.05) is 6.07 Å². The lowest BCUT2D eigenvalue weighted by Crippen LogP contribution is -2.40. The van der Waals surface area contributed by atoms with E-state index in [4.69, 9.17) is 5.73 Å². The fourth-order valence-electron chi connectivity index (χ4n) is 2.67. The van der Waals surface area contributed by atoms with Crippen molar-refractivity contribution in [3.05, 3.63) is 34.9 Å². The predicted octanol–water partition coefficient (Wildman–Crippen LogP) is 1.28. The first-order valence-electron chi connectivity index (χ1n) is 6.88. The Kier molecular flexibility index (Phi) is 4.56. The number of piperidine rings is 1. The molecule has 0 radical (unpaired) electrons. The molecule has 2 rings (SSSR count). The van der Waals surface area contributed by atoms with Crippen LogP contribution >= 0.6 is 0 Å². The van der Waals surface area contributed by atoms with Crippen LogP contribution in [0.5, 0.6) is 0 Å². The molecule has 0 bridgehead atoms. The van der Waals surface area contributed by atoms with Crippen molar-refractivity contribution in [2.24, 2.45) is 5.73 Å². The van der Waals surface area contributed by atoms with Crippen LogP contribution in [0.2, 0.25) is 0 Å². The Morgan fingerprint density at radius 2 is 2.11 bits per heavy atom. The van der Waals surface area contributed by atoms with Crippen LogP contribution in [0.1, 0.15) is 34.3 Å². The van der Waals surface area contributed by atoms with Crippen molar-refractivity contribution in [1.29, 1.82) is 0 Å². The van der Waals surface area contributed by atoms with Crippen LogP contribution in [-0.4, -0.2) is 37.0 Å². The number of nitrogens with two attached hydrogens (primary N) is 1. The van der Waals surface area contributed by atoms with E-state index in [0.717, 1.165) is 25.2 Å². The molecule has 0 spiro atoms. The van der Waals surface area contributed by atoms with Crippen molar-refractivity contribution in [3.63, 3.8) is 0 Å². The van der Waals surface area contributed by atoms with Gasteiger partial charge in [-0.15, -0.1) is 0 Å². The van der Waals surface area contributed by atoms with E-state index in [9.17, 15) is 4.79 Å². The average molecular weight is 261 g/mol. The molecule has 1 aromatic rings. The maximum Gasteiger partial charge on any atom is 0.248 e. The molecule has 1 aliphatic rings. The van der Waals surface area contributed by atoms with Gasteiger partial charge in [0.1, 0.15) is 0 Å². The summed E-state index contributed by atoms with van der Waals surface area (Å²) >= 11 is 0. The van der Waals surface area contributed by atoms with E-state index in [1.54, 1.807) is 0 Å². The van der Waals surface area contributed by atoms with E-state index in [0.29, 0.717) is 11.6 Å². The highest BCUT2D eigenvalue weighted by atomic mass is 16.1. The van der Waals surface area contributed by atoms with Crippen LogP contribution in [0.25, 0.3) is 0 Å². The number of primary amides is 1. The second-order valence-electron chi connectivity index (χ2n) is 5.40. The van der Waals surface area contributed by atoms with Gasteiger partial charge in [0.2, 0.25) is 5.91 Å². The van der Waals surface area contributed by atoms with Gasteiger partial charge in [0.25, 0.3) is 0 Å². The van der Waals surface area contributed by atoms with Gasteiger partial charge in [-0.2, -0.15) is 0 Å². The number of hydrogen-bond acceptors (Lipinski definition) is 3. The number of nitrogens with one attached hydrogen (secondary N) is 1. The average Bonchev–Trinajstić information content (AvgIpc) is 2.41. The van der Waals surface area contributed by atoms with E-state index in [1.807, 2.05) is 25.1 Å². The fourth-order valence-corrected chi connectivity index (χ4v) is 2.67. The Labute approximate surface area is 115 Å². The Hall–Kier alpha value is -1.39. The van der Waals surface area contributed by atoms with E-state index < -0.39 is 0 Å². The smallest absolute Gasteiger partial charge is 0.248 e. The van der Waals surface area contributed by atoms with Crippen LogP contribution in [0.15, 0.2) is 18.2 Å². The summed E-state index contributed by atoms with van der Waals surface area (Å²) in [5, 5.41) is 3.39. The first kappa shape index (κ1) is 14.0. The Morgan fingerprint density at radius 1 is 1.42 bits per heavy atom. The summed E-state index contributed by atoms with van der Waals surface area (Å²) in [5.74, 6) is -0.360. The van der Waals surface area contributed by atoms with Crippen molar-refractivity contribution in [2.75, 3.05) is 20.1 Å². The van der Waals surface area contributed by atoms with Gasteiger partial charge < -0.3 is 11.1 Å². The number of hydrogen-bond donors (Lipinski definition) is 2. The maximum atomic E-state index is 11.1. The maximum absolute atomic E-state index is 11.1. The lowest BCUT2D eigenvalue weighted by Gasteiger charge is -2.32. The molecule has 3 N–H and O–H groups in total.